The largest absolute Gasteiger partial charge is 0.468 e. The van der Waals surface area contributed by atoms with Crippen molar-refractivity contribution in [1.82, 2.24) is 9.80 Å². The Kier molecular flexibility index (Phi) is 5.85. The summed E-state index contributed by atoms with van der Waals surface area (Å²) in [7, 11) is 3.77. The number of hydrogen-bond donors (Lipinski definition) is 0. The zero-order chi connectivity index (χ0) is 14.5. The van der Waals surface area contributed by atoms with E-state index in [2.05, 4.69) is 23.8 Å². The summed E-state index contributed by atoms with van der Waals surface area (Å²) in [5, 5.41) is 0. The standard InChI is InChI=1S/C16H30N2O2/c1-4-5-8-15(16(19)20-3)18-11-9-14-13(12-18)7-6-10-17(14)2/h13-15H,4-12H2,1-3H3. The molecule has 0 aromatic heterocycles. The minimum atomic E-state index is -0.0407. The summed E-state index contributed by atoms with van der Waals surface area (Å²) in [5.41, 5.74) is 0. The molecule has 3 unspecified atom stereocenters. The molecule has 2 saturated heterocycles. The first-order valence-electron chi connectivity index (χ1n) is 8.19. The Hall–Kier alpha value is -0.610. The van der Waals surface area contributed by atoms with Gasteiger partial charge in [0.1, 0.15) is 6.04 Å². The number of unbranched alkanes of at least 4 members (excludes halogenated alkanes) is 1. The van der Waals surface area contributed by atoms with Crippen molar-refractivity contribution in [3.63, 3.8) is 0 Å². The minimum Gasteiger partial charge on any atom is -0.468 e. The molecule has 0 saturated carbocycles. The predicted molar refractivity (Wildman–Crippen MR) is 80.7 cm³/mol. The lowest BCUT2D eigenvalue weighted by atomic mass is 9.83. The number of hydrogen-bond acceptors (Lipinski definition) is 4. The van der Waals surface area contributed by atoms with Gasteiger partial charge in [0.05, 0.1) is 7.11 Å². The van der Waals surface area contributed by atoms with Crippen LogP contribution in [0.3, 0.4) is 0 Å². The Balaban J connectivity index is 1.98. The van der Waals surface area contributed by atoms with E-state index < -0.39 is 0 Å². The zero-order valence-corrected chi connectivity index (χ0v) is 13.3. The lowest BCUT2D eigenvalue weighted by Gasteiger charge is -2.47. The van der Waals surface area contributed by atoms with E-state index in [1.807, 2.05) is 0 Å². The highest BCUT2D eigenvalue weighted by Gasteiger charge is 2.38. The molecule has 0 aliphatic carbocycles. The summed E-state index contributed by atoms with van der Waals surface area (Å²) in [6.07, 6.45) is 6.98. The van der Waals surface area contributed by atoms with E-state index >= 15 is 0 Å². The molecular formula is C16H30N2O2. The third-order valence-corrected chi connectivity index (χ3v) is 5.12. The summed E-state index contributed by atoms with van der Waals surface area (Å²) in [6, 6.07) is 0.706. The maximum atomic E-state index is 12.1. The van der Waals surface area contributed by atoms with Crippen LogP contribution in [0, 0.1) is 5.92 Å². The predicted octanol–water partition coefficient (Wildman–Crippen LogP) is 2.13. The van der Waals surface area contributed by atoms with Crippen molar-refractivity contribution in [3.05, 3.63) is 0 Å². The molecule has 0 radical (unpaired) electrons. The molecule has 0 N–H and O–H groups in total. The molecular weight excluding hydrogens is 252 g/mol. The van der Waals surface area contributed by atoms with Gasteiger partial charge in [0, 0.05) is 19.1 Å². The van der Waals surface area contributed by atoms with Crippen molar-refractivity contribution >= 4 is 5.97 Å². The van der Waals surface area contributed by atoms with E-state index in [9.17, 15) is 4.79 Å². The van der Waals surface area contributed by atoms with Crippen LogP contribution in [-0.4, -0.2) is 61.6 Å². The molecule has 3 atom stereocenters. The normalized spacial score (nSPS) is 29.8. The van der Waals surface area contributed by atoms with Gasteiger partial charge in [-0.1, -0.05) is 19.8 Å². The smallest absolute Gasteiger partial charge is 0.323 e. The number of fused-ring (bicyclic) bond motifs is 1. The van der Waals surface area contributed by atoms with Crippen molar-refractivity contribution in [3.8, 4) is 0 Å². The van der Waals surface area contributed by atoms with E-state index in [1.54, 1.807) is 0 Å². The molecule has 2 aliphatic heterocycles. The van der Waals surface area contributed by atoms with Gasteiger partial charge in [-0.05, 0) is 45.2 Å². The van der Waals surface area contributed by atoms with Gasteiger partial charge in [-0.25, -0.2) is 0 Å². The lowest BCUT2D eigenvalue weighted by molar-refractivity contribution is -0.149. The van der Waals surface area contributed by atoms with Gasteiger partial charge in [-0.3, -0.25) is 9.69 Å². The maximum absolute atomic E-state index is 12.1. The fourth-order valence-electron chi connectivity index (χ4n) is 3.95. The number of carbonyl (C=O) groups excluding carboxylic acids is 1. The van der Waals surface area contributed by atoms with Crippen LogP contribution in [0.1, 0.15) is 45.4 Å². The fraction of sp³-hybridized carbons (Fsp3) is 0.938. The summed E-state index contributed by atoms with van der Waals surface area (Å²) in [6.45, 7) is 5.52. The molecule has 0 aromatic rings. The number of methoxy groups -OCH3 is 1. The first kappa shape index (κ1) is 15.8. The number of rotatable bonds is 5. The molecule has 116 valence electrons. The second kappa shape index (κ2) is 7.41. The molecule has 2 heterocycles. The van der Waals surface area contributed by atoms with E-state index in [1.165, 1.54) is 32.9 Å². The second-order valence-electron chi connectivity index (χ2n) is 6.42. The lowest BCUT2D eigenvalue weighted by Crippen LogP contribution is -2.56. The topological polar surface area (TPSA) is 32.8 Å². The molecule has 20 heavy (non-hydrogen) atoms. The number of ether oxygens (including phenoxy) is 1. The van der Waals surface area contributed by atoms with Gasteiger partial charge in [0.25, 0.3) is 0 Å². The van der Waals surface area contributed by atoms with Crippen molar-refractivity contribution in [2.75, 3.05) is 33.8 Å². The van der Waals surface area contributed by atoms with Crippen molar-refractivity contribution in [2.45, 2.75) is 57.5 Å². The SMILES string of the molecule is CCCCC(C(=O)OC)N1CCC2C(CCCN2C)C1. The monoisotopic (exact) mass is 282 g/mol. The van der Waals surface area contributed by atoms with Crippen LogP contribution in [0.2, 0.25) is 0 Å². The van der Waals surface area contributed by atoms with Crippen LogP contribution in [0.4, 0.5) is 0 Å². The van der Waals surface area contributed by atoms with Gasteiger partial charge in [0.15, 0.2) is 0 Å². The summed E-state index contributed by atoms with van der Waals surface area (Å²) < 4.78 is 5.03. The number of nitrogens with zero attached hydrogens (tertiary/aromatic N) is 2. The van der Waals surface area contributed by atoms with Gasteiger partial charge in [-0.15, -0.1) is 0 Å². The van der Waals surface area contributed by atoms with Crippen molar-refractivity contribution < 1.29 is 9.53 Å². The number of esters is 1. The number of piperidine rings is 2. The molecule has 2 rings (SSSR count). The molecule has 0 spiro atoms. The summed E-state index contributed by atoms with van der Waals surface area (Å²) in [5.74, 6) is 0.692. The van der Waals surface area contributed by atoms with Crippen molar-refractivity contribution in [2.24, 2.45) is 5.92 Å². The Morgan fingerprint density at radius 1 is 1.35 bits per heavy atom. The molecule has 0 amide bonds. The molecule has 0 bridgehead atoms. The van der Waals surface area contributed by atoms with Crippen LogP contribution < -0.4 is 0 Å². The first-order chi connectivity index (χ1) is 9.67. The molecule has 4 heteroatoms. The van der Waals surface area contributed by atoms with E-state index in [0.717, 1.165) is 44.3 Å². The first-order valence-corrected chi connectivity index (χ1v) is 8.19. The molecule has 2 aliphatic rings. The number of likely N-dealkylation sites (tertiary alicyclic amines) is 2. The maximum Gasteiger partial charge on any atom is 0.323 e. The summed E-state index contributed by atoms with van der Waals surface area (Å²) in [4.78, 5) is 17.0. The Morgan fingerprint density at radius 3 is 2.85 bits per heavy atom. The van der Waals surface area contributed by atoms with Crippen LogP contribution in [-0.2, 0) is 9.53 Å². The van der Waals surface area contributed by atoms with Gasteiger partial charge in [0.2, 0.25) is 0 Å². The van der Waals surface area contributed by atoms with E-state index in [-0.39, 0.29) is 12.0 Å². The average molecular weight is 282 g/mol. The molecule has 0 aromatic carbocycles. The minimum absolute atomic E-state index is 0.0202. The van der Waals surface area contributed by atoms with Gasteiger partial charge < -0.3 is 9.64 Å². The average Bonchev–Trinajstić information content (AvgIpc) is 2.47. The van der Waals surface area contributed by atoms with E-state index in [0.29, 0.717) is 0 Å². The third kappa shape index (κ3) is 3.53. The van der Waals surface area contributed by atoms with Crippen LogP contribution in [0.15, 0.2) is 0 Å². The van der Waals surface area contributed by atoms with Crippen LogP contribution >= 0.6 is 0 Å². The highest BCUT2D eigenvalue weighted by atomic mass is 16.5. The van der Waals surface area contributed by atoms with Crippen molar-refractivity contribution in [1.29, 1.82) is 0 Å². The highest BCUT2D eigenvalue weighted by Crippen LogP contribution is 2.31. The molecule has 4 nitrogen and oxygen atoms in total. The highest BCUT2D eigenvalue weighted by molar-refractivity contribution is 5.75. The van der Waals surface area contributed by atoms with E-state index in [4.69, 9.17) is 4.74 Å². The third-order valence-electron chi connectivity index (χ3n) is 5.12. The Labute approximate surface area is 123 Å². The Morgan fingerprint density at radius 2 is 2.15 bits per heavy atom. The van der Waals surface area contributed by atoms with Crippen LogP contribution in [0.5, 0.6) is 0 Å². The fourth-order valence-corrected chi connectivity index (χ4v) is 3.95. The molecule has 2 fully saturated rings. The summed E-state index contributed by atoms with van der Waals surface area (Å²) >= 11 is 0. The second-order valence-corrected chi connectivity index (χ2v) is 6.42. The quantitative estimate of drug-likeness (QED) is 0.723. The van der Waals surface area contributed by atoms with Gasteiger partial charge in [-0.2, -0.15) is 0 Å². The van der Waals surface area contributed by atoms with Gasteiger partial charge >= 0.3 is 5.97 Å². The Bertz CT molecular complexity index is 322. The zero-order valence-electron chi connectivity index (χ0n) is 13.3. The number of carbonyl (C=O) groups is 1. The van der Waals surface area contributed by atoms with Crippen LogP contribution in [0.25, 0.3) is 0 Å².